The molecule has 2 aromatic carbocycles. The highest BCUT2D eigenvalue weighted by molar-refractivity contribution is 5.93. The van der Waals surface area contributed by atoms with Crippen molar-refractivity contribution in [3.05, 3.63) is 53.6 Å². The van der Waals surface area contributed by atoms with Gasteiger partial charge in [0.05, 0.1) is 13.0 Å². The minimum atomic E-state index is -0.220. The Hall–Kier alpha value is -3.02. The number of urea groups is 1. The average Bonchev–Trinajstić information content (AvgIpc) is 3.41. The van der Waals surface area contributed by atoms with E-state index in [9.17, 15) is 9.59 Å². The smallest absolute Gasteiger partial charge is 0.319 e. The van der Waals surface area contributed by atoms with E-state index in [1.807, 2.05) is 32.0 Å². The Morgan fingerprint density at radius 1 is 1.04 bits per heavy atom. The van der Waals surface area contributed by atoms with E-state index in [2.05, 4.69) is 16.0 Å². The van der Waals surface area contributed by atoms with Crippen molar-refractivity contribution in [2.24, 2.45) is 0 Å². The molecule has 3 rings (SSSR count). The topological polar surface area (TPSA) is 79.5 Å². The second kappa shape index (κ2) is 8.58. The van der Waals surface area contributed by atoms with Crippen molar-refractivity contribution in [3.63, 3.8) is 0 Å². The van der Waals surface area contributed by atoms with Crippen LogP contribution in [0.3, 0.4) is 0 Å². The van der Waals surface area contributed by atoms with Crippen LogP contribution in [0.25, 0.3) is 0 Å². The van der Waals surface area contributed by atoms with Crippen LogP contribution in [0.15, 0.2) is 42.5 Å². The zero-order chi connectivity index (χ0) is 19.2. The van der Waals surface area contributed by atoms with Crippen molar-refractivity contribution in [3.8, 4) is 5.75 Å². The molecule has 3 amide bonds. The number of ether oxygens (including phenoxy) is 1. The Balaban J connectivity index is 1.45. The number of carbonyl (C=O) groups excluding carboxylic acids is 2. The molecule has 0 aromatic heterocycles. The maximum absolute atomic E-state index is 12.1. The maximum atomic E-state index is 12.1. The van der Waals surface area contributed by atoms with Crippen LogP contribution in [0.5, 0.6) is 5.75 Å². The number of amides is 3. The fraction of sp³-hybridized carbons (Fsp3) is 0.333. The molecule has 6 heteroatoms. The van der Waals surface area contributed by atoms with Gasteiger partial charge in [-0.25, -0.2) is 4.79 Å². The van der Waals surface area contributed by atoms with Gasteiger partial charge in [-0.15, -0.1) is 0 Å². The minimum Gasteiger partial charge on any atom is -0.493 e. The fourth-order valence-electron chi connectivity index (χ4n) is 2.69. The number of aryl methyl sites for hydroxylation is 2. The highest BCUT2D eigenvalue weighted by Crippen LogP contribution is 2.20. The summed E-state index contributed by atoms with van der Waals surface area (Å²) in [5.74, 6) is 0.653. The quantitative estimate of drug-likeness (QED) is 0.692. The normalized spacial score (nSPS) is 13.0. The molecule has 0 bridgehead atoms. The summed E-state index contributed by atoms with van der Waals surface area (Å²) in [6.45, 7) is 4.32. The zero-order valence-corrected chi connectivity index (χ0v) is 15.7. The van der Waals surface area contributed by atoms with Crippen molar-refractivity contribution in [2.45, 2.75) is 39.2 Å². The second-order valence-corrected chi connectivity index (χ2v) is 6.87. The van der Waals surface area contributed by atoms with Crippen LogP contribution in [-0.4, -0.2) is 24.6 Å². The van der Waals surface area contributed by atoms with Gasteiger partial charge in [-0.1, -0.05) is 23.8 Å². The van der Waals surface area contributed by atoms with E-state index in [4.69, 9.17) is 4.74 Å². The molecule has 0 saturated heterocycles. The monoisotopic (exact) mass is 367 g/mol. The maximum Gasteiger partial charge on any atom is 0.319 e. The van der Waals surface area contributed by atoms with Crippen molar-refractivity contribution in [1.82, 2.24) is 5.32 Å². The number of hydrogen-bond donors (Lipinski definition) is 3. The molecule has 1 saturated carbocycles. The van der Waals surface area contributed by atoms with Gasteiger partial charge in [0.15, 0.2) is 0 Å². The Labute approximate surface area is 159 Å². The Bertz CT molecular complexity index is 831. The van der Waals surface area contributed by atoms with E-state index < -0.39 is 0 Å². The highest BCUT2D eigenvalue weighted by atomic mass is 16.5. The number of rotatable bonds is 7. The van der Waals surface area contributed by atoms with Crippen molar-refractivity contribution < 1.29 is 14.3 Å². The van der Waals surface area contributed by atoms with Crippen LogP contribution in [0.2, 0.25) is 0 Å². The number of hydrogen-bond acceptors (Lipinski definition) is 3. The zero-order valence-electron chi connectivity index (χ0n) is 15.7. The van der Waals surface area contributed by atoms with Crippen LogP contribution in [0.4, 0.5) is 16.2 Å². The Kier molecular flexibility index (Phi) is 5.96. The van der Waals surface area contributed by atoms with E-state index in [1.54, 1.807) is 24.3 Å². The van der Waals surface area contributed by atoms with Crippen molar-refractivity contribution in [1.29, 1.82) is 0 Å². The average molecular weight is 367 g/mol. The van der Waals surface area contributed by atoms with Gasteiger partial charge in [-0.05, 0) is 56.5 Å². The van der Waals surface area contributed by atoms with E-state index in [-0.39, 0.29) is 18.4 Å². The Morgan fingerprint density at radius 2 is 1.78 bits per heavy atom. The summed E-state index contributed by atoms with van der Waals surface area (Å²) in [6, 6.07) is 13.1. The number of benzene rings is 2. The van der Waals surface area contributed by atoms with Gasteiger partial charge in [0.2, 0.25) is 5.91 Å². The first-order valence-electron chi connectivity index (χ1n) is 9.17. The lowest BCUT2D eigenvalue weighted by atomic mass is 10.1. The summed E-state index contributed by atoms with van der Waals surface area (Å²) in [4.78, 5) is 23.9. The first kappa shape index (κ1) is 18.8. The predicted octanol–water partition coefficient (Wildman–Crippen LogP) is 3.99. The van der Waals surface area contributed by atoms with Gasteiger partial charge < -0.3 is 20.7 Å². The molecule has 142 valence electrons. The molecule has 0 aliphatic heterocycles. The SMILES string of the molecule is Cc1ccc(OCCC(=O)Nc2cccc(NC(=O)NC3CC3)c2)c(C)c1. The molecule has 1 fully saturated rings. The van der Waals surface area contributed by atoms with Gasteiger partial charge in [0.1, 0.15) is 5.75 Å². The largest absolute Gasteiger partial charge is 0.493 e. The fourth-order valence-corrected chi connectivity index (χ4v) is 2.69. The molecular formula is C21H25N3O3. The molecule has 0 heterocycles. The molecule has 2 aromatic rings. The first-order chi connectivity index (χ1) is 13.0. The standard InChI is InChI=1S/C21H25N3O3/c1-14-6-9-19(15(2)12-14)27-11-10-20(25)22-17-4-3-5-18(13-17)24-21(26)23-16-7-8-16/h3-6,9,12-13,16H,7-8,10-11H2,1-2H3,(H,22,25)(H2,23,24,26). The molecular weight excluding hydrogens is 342 g/mol. The van der Waals surface area contributed by atoms with Gasteiger partial charge >= 0.3 is 6.03 Å². The van der Waals surface area contributed by atoms with E-state index in [1.165, 1.54) is 5.56 Å². The van der Waals surface area contributed by atoms with Gasteiger partial charge in [0.25, 0.3) is 0 Å². The van der Waals surface area contributed by atoms with Crippen LogP contribution in [-0.2, 0) is 4.79 Å². The third-order valence-corrected chi connectivity index (χ3v) is 4.23. The van der Waals surface area contributed by atoms with Gasteiger partial charge in [-0.2, -0.15) is 0 Å². The van der Waals surface area contributed by atoms with Crippen molar-refractivity contribution in [2.75, 3.05) is 17.2 Å². The lowest BCUT2D eigenvalue weighted by molar-refractivity contribution is -0.116. The van der Waals surface area contributed by atoms with E-state index in [0.717, 1.165) is 24.2 Å². The molecule has 27 heavy (non-hydrogen) atoms. The molecule has 0 radical (unpaired) electrons. The summed E-state index contributed by atoms with van der Waals surface area (Å²) < 4.78 is 5.69. The summed E-state index contributed by atoms with van der Waals surface area (Å²) in [5.41, 5.74) is 3.50. The number of anilines is 2. The molecule has 0 unspecified atom stereocenters. The molecule has 1 aliphatic carbocycles. The lowest BCUT2D eigenvalue weighted by Crippen LogP contribution is -2.30. The number of nitrogens with one attached hydrogen (secondary N) is 3. The molecule has 6 nitrogen and oxygen atoms in total. The van der Waals surface area contributed by atoms with Crippen LogP contribution in [0.1, 0.15) is 30.4 Å². The summed E-state index contributed by atoms with van der Waals surface area (Å²) in [7, 11) is 0. The molecule has 3 N–H and O–H groups in total. The van der Waals surface area contributed by atoms with Crippen LogP contribution in [0, 0.1) is 13.8 Å². The third kappa shape index (κ3) is 6.02. The van der Waals surface area contributed by atoms with E-state index >= 15 is 0 Å². The molecule has 1 aliphatic rings. The second-order valence-electron chi connectivity index (χ2n) is 6.87. The minimum absolute atomic E-state index is 0.139. The highest BCUT2D eigenvalue weighted by Gasteiger charge is 2.23. The Morgan fingerprint density at radius 3 is 2.48 bits per heavy atom. The first-order valence-corrected chi connectivity index (χ1v) is 9.17. The van der Waals surface area contributed by atoms with Gasteiger partial charge in [-0.3, -0.25) is 4.79 Å². The summed E-state index contributed by atoms with van der Waals surface area (Å²) >= 11 is 0. The van der Waals surface area contributed by atoms with Gasteiger partial charge in [0, 0.05) is 17.4 Å². The third-order valence-electron chi connectivity index (χ3n) is 4.23. The van der Waals surface area contributed by atoms with Crippen LogP contribution < -0.4 is 20.7 Å². The molecule has 0 spiro atoms. The summed E-state index contributed by atoms with van der Waals surface area (Å²) in [5, 5.41) is 8.46. The predicted molar refractivity (Wildman–Crippen MR) is 106 cm³/mol. The summed E-state index contributed by atoms with van der Waals surface area (Å²) in [6.07, 6.45) is 2.31. The van der Waals surface area contributed by atoms with E-state index in [0.29, 0.717) is 24.0 Å². The molecule has 0 atom stereocenters. The number of carbonyl (C=O) groups is 2. The van der Waals surface area contributed by atoms with Crippen LogP contribution >= 0.6 is 0 Å². The lowest BCUT2D eigenvalue weighted by Gasteiger charge is -2.11. The van der Waals surface area contributed by atoms with Crippen molar-refractivity contribution >= 4 is 23.3 Å².